The summed E-state index contributed by atoms with van der Waals surface area (Å²) in [5, 5.41) is 5.64. The number of carbonyl (C=O) groups is 2. The fourth-order valence-corrected chi connectivity index (χ4v) is 2.61. The van der Waals surface area contributed by atoms with Crippen LogP contribution in [-0.2, 0) is 11.2 Å². The lowest BCUT2D eigenvalue weighted by Crippen LogP contribution is -2.20. The molecule has 0 bridgehead atoms. The van der Waals surface area contributed by atoms with Crippen molar-refractivity contribution in [2.24, 2.45) is 0 Å². The van der Waals surface area contributed by atoms with Gasteiger partial charge in [-0.15, -0.1) is 0 Å². The van der Waals surface area contributed by atoms with Crippen molar-refractivity contribution < 1.29 is 19.1 Å². The second-order valence-corrected chi connectivity index (χ2v) is 5.48. The Labute approximate surface area is 139 Å². The van der Waals surface area contributed by atoms with E-state index in [-0.39, 0.29) is 11.8 Å². The molecule has 0 fully saturated rings. The third-order valence-corrected chi connectivity index (χ3v) is 3.87. The molecule has 1 aliphatic rings. The molecule has 0 saturated heterocycles. The highest BCUT2D eigenvalue weighted by atomic mass is 16.5. The Kier molecular flexibility index (Phi) is 4.37. The molecule has 0 atom stereocenters. The molecule has 0 aliphatic carbocycles. The van der Waals surface area contributed by atoms with Crippen molar-refractivity contribution in [2.45, 2.75) is 12.8 Å². The number of ether oxygens (including phenoxy) is 2. The van der Waals surface area contributed by atoms with E-state index in [0.717, 1.165) is 11.3 Å². The first-order valence-corrected chi connectivity index (χ1v) is 7.56. The van der Waals surface area contributed by atoms with Gasteiger partial charge >= 0.3 is 0 Å². The van der Waals surface area contributed by atoms with Crippen LogP contribution in [0.4, 0.5) is 11.4 Å². The number of aryl methyl sites for hydroxylation is 1. The van der Waals surface area contributed by atoms with Gasteiger partial charge in [0.2, 0.25) is 5.91 Å². The quantitative estimate of drug-likeness (QED) is 0.906. The summed E-state index contributed by atoms with van der Waals surface area (Å²) in [5.41, 5.74) is 2.85. The normalized spacial score (nSPS) is 12.8. The van der Waals surface area contributed by atoms with Gasteiger partial charge in [-0.2, -0.15) is 0 Å². The fourth-order valence-electron chi connectivity index (χ4n) is 2.61. The molecule has 0 saturated carbocycles. The van der Waals surface area contributed by atoms with Crippen molar-refractivity contribution in [3.63, 3.8) is 0 Å². The van der Waals surface area contributed by atoms with Crippen LogP contribution in [0.5, 0.6) is 11.5 Å². The fraction of sp³-hybridized carbons (Fsp3) is 0.222. The van der Waals surface area contributed by atoms with Crippen LogP contribution in [0.2, 0.25) is 0 Å². The minimum absolute atomic E-state index is 0.00294. The molecule has 24 heavy (non-hydrogen) atoms. The lowest BCUT2D eigenvalue weighted by Gasteiger charge is -2.17. The van der Waals surface area contributed by atoms with Crippen molar-refractivity contribution in [1.29, 1.82) is 0 Å². The molecule has 1 aliphatic heterocycles. The molecule has 2 aromatic rings. The maximum absolute atomic E-state index is 12.5. The first kappa shape index (κ1) is 15.9. The van der Waals surface area contributed by atoms with Gasteiger partial charge in [0.1, 0.15) is 11.5 Å². The van der Waals surface area contributed by atoms with E-state index >= 15 is 0 Å². The molecule has 0 aromatic heterocycles. The minimum atomic E-state index is -0.231. The molecule has 2 amide bonds. The molecule has 3 rings (SSSR count). The number of fused-ring (bicyclic) bond motifs is 1. The number of methoxy groups -OCH3 is 2. The number of anilines is 2. The van der Waals surface area contributed by atoms with E-state index in [4.69, 9.17) is 9.47 Å². The average Bonchev–Trinajstić information content (AvgIpc) is 2.60. The first-order chi connectivity index (χ1) is 11.6. The zero-order valence-corrected chi connectivity index (χ0v) is 13.5. The Morgan fingerprint density at radius 2 is 1.75 bits per heavy atom. The second-order valence-electron chi connectivity index (χ2n) is 5.48. The van der Waals surface area contributed by atoms with Gasteiger partial charge in [-0.3, -0.25) is 9.59 Å². The molecule has 0 spiro atoms. The molecule has 0 unspecified atom stereocenters. The summed E-state index contributed by atoms with van der Waals surface area (Å²) in [5.74, 6) is 0.962. The molecule has 6 heteroatoms. The molecular weight excluding hydrogens is 308 g/mol. The van der Waals surface area contributed by atoms with Crippen molar-refractivity contribution >= 4 is 23.2 Å². The lowest BCUT2D eigenvalue weighted by atomic mass is 10.00. The van der Waals surface area contributed by atoms with Gasteiger partial charge in [-0.25, -0.2) is 0 Å². The number of carbonyl (C=O) groups excluding carboxylic acids is 2. The van der Waals surface area contributed by atoms with Gasteiger partial charge in [0.05, 0.1) is 14.2 Å². The third-order valence-electron chi connectivity index (χ3n) is 3.87. The summed E-state index contributed by atoms with van der Waals surface area (Å²) in [7, 11) is 3.11. The maximum atomic E-state index is 12.5. The van der Waals surface area contributed by atoms with Gasteiger partial charge in [-0.05, 0) is 30.2 Å². The lowest BCUT2D eigenvalue weighted by molar-refractivity contribution is -0.116. The van der Waals surface area contributed by atoms with Crippen LogP contribution >= 0.6 is 0 Å². The Morgan fingerprint density at radius 3 is 2.42 bits per heavy atom. The van der Waals surface area contributed by atoms with Crippen LogP contribution in [0.3, 0.4) is 0 Å². The Balaban J connectivity index is 1.81. The topological polar surface area (TPSA) is 76.7 Å². The van der Waals surface area contributed by atoms with E-state index in [0.29, 0.717) is 35.6 Å². The van der Waals surface area contributed by atoms with Crippen LogP contribution in [0.25, 0.3) is 0 Å². The third kappa shape index (κ3) is 3.32. The zero-order chi connectivity index (χ0) is 17.1. The van der Waals surface area contributed by atoms with E-state index in [2.05, 4.69) is 10.6 Å². The number of hydrogen-bond donors (Lipinski definition) is 2. The molecule has 2 N–H and O–H groups in total. The number of amides is 2. The van der Waals surface area contributed by atoms with E-state index < -0.39 is 0 Å². The van der Waals surface area contributed by atoms with E-state index in [1.165, 1.54) is 0 Å². The van der Waals surface area contributed by atoms with Crippen LogP contribution < -0.4 is 20.1 Å². The highest BCUT2D eigenvalue weighted by Gasteiger charge is 2.17. The highest BCUT2D eigenvalue weighted by molar-refractivity contribution is 6.05. The second kappa shape index (κ2) is 6.62. The Bertz CT molecular complexity index is 779. The Hall–Kier alpha value is -3.02. The largest absolute Gasteiger partial charge is 0.497 e. The average molecular weight is 326 g/mol. The van der Waals surface area contributed by atoms with E-state index in [9.17, 15) is 9.59 Å². The monoisotopic (exact) mass is 326 g/mol. The predicted molar refractivity (Wildman–Crippen MR) is 90.9 cm³/mol. The molecule has 124 valence electrons. The molecule has 2 aromatic carbocycles. The summed E-state index contributed by atoms with van der Waals surface area (Å²) < 4.78 is 10.4. The van der Waals surface area contributed by atoms with Crippen molar-refractivity contribution in [1.82, 2.24) is 0 Å². The van der Waals surface area contributed by atoms with Gasteiger partial charge in [-0.1, -0.05) is 0 Å². The van der Waals surface area contributed by atoms with Crippen LogP contribution in [0.15, 0.2) is 36.4 Å². The van der Waals surface area contributed by atoms with Gasteiger partial charge in [0.15, 0.2) is 0 Å². The smallest absolute Gasteiger partial charge is 0.255 e. The highest BCUT2D eigenvalue weighted by Crippen LogP contribution is 2.27. The van der Waals surface area contributed by atoms with Crippen LogP contribution in [-0.4, -0.2) is 26.0 Å². The summed E-state index contributed by atoms with van der Waals surface area (Å²) >= 11 is 0. The van der Waals surface area contributed by atoms with Gasteiger partial charge < -0.3 is 20.1 Å². The SMILES string of the molecule is COc1cc(NC(=O)c2ccc3c(c2)CCC(=O)N3)cc(OC)c1. The number of hydrogen-bond acceptors (Lipinski definition) is 4. The molecule has 6 nitrogen and oxygen atoms in total. The van der Waals surface area contributed by atoms with Crippen LogP contribution in [0, 0.1) is 0 Å². The predicted octanol–water partition coefficient (Wildman–Crippen LogP) is 2.84. The van der Waals surface area contributed by atoms with Gasteiger partial charge in [0, 0.05) is 41.6 Å². The van der Waals surface area contributed by atoms with Crippen molar-refractivity contribution in [2.75, 3.05) is 24.9 Å². The van der Waals surface area contributed by atoms with Gasteiger partial charge in [0.25, 0.3) is 5.91 Å². The summed E-state index contributed by atoms with van der Waals surface area (Å²) in [6.45, 7) is 0. The van der Waals surface area contributed by atoms with E-state index in [1.807, 2.05) is 6.07 Å². The Morgan fingerprint density at radius 1 is 1.04 bits per heavy atom. The summed E-state index contributed by atoms with van der Waals surface area (Å²) in [6.07, 6.45) is 1.07. The molecular formula is C18H18N2O4. The van der Waals surface area contributed by atoms with Crippen LogP contribution in [0.1, 0.15) is 22.3 Å². The summed E-state index contributed by atoms with van der Waals surface area (Å²) in [4.78, 5) is 23.9. The van der Waals surface area contributed by atoms with Crippen molar-refractivity contribution in [3.8, 4) is 11.5 Å². The first-order valence-electron chi connectivity index (χ1n) is 7.56. The molecule has 1 heterocycles. The standard InChI is InChI=1S/C18H18N2O4/c1-23-14-8-13(9-15(10-14)24-2)19-18(22)12-3-5-16-11(7-12)4-6-17(21)20-16/h3,5,7-10H,4,6H2,1-2H3,(H,19,22)(H,20,21). The van der Waals surface area contributed by atoms with Crippen molar-refractivity contribution in [3.05, 3.63) is 47.5 Å². The minimum Gasteiger partial charge on any atom is -0.497 e. The summed E-state index contributed by atoms with van der Waals surface area (Å²) in [6, 6.07) is 10.4. The molecule has 0 radical (unpaired) electrons. The number of rotatable bonds is 4. The van der Waals surface area contributed by atoms with E-state index in [1.54, 1.807) is 44.6 Å². The number of benzene rings is 2. The maximum Gasteiger partial charge on any atom is 0.255 e. The number of nitrogens with one attached hydrogen (secondary N) is 2. The zero-order valence-electron chi connectivity index (χ0n) is 13.5.